The van der Waals surface area contributed by atoms with Crippen LogP contribution in [0.15, 0.2) is 0 Å². The Balaban J connectivity index is 1.69. The Morgan fingerprint density at radius 3 is 1.20 bits per heavy atom. The summed E-state index contributed by atoms with van der Waals surface area (Å²) in [7, 11) is -5.50. The zero-order chi connectivity index (χ0) is 55.9. The molecule has 3 fully saturated rings. The molecule has 0 aromatic carbocycles. The van der Waals surface area contributed by atoms with E-state index in [9.17, 15) is 70.4 Å². The van der Waals surface area contributed by atoms with Gasteiger partial charge in [-0.05, 0) is 12.8 Å². The van der Waals surface area contributed by atoms with Crippen LogP contribution in [0.25, 0.3) is 0 Å². The van der Waals surface area contributed by atoms with E-state index in [1.807, 2.05) is 0 Å². The minimum atomic E-state index is -5.50. The summed E-state index contributed by atoms with van der Waals surface area (Å²) < 4.78 is 58.9. The summed E-state index contributed by atoms with van der Waals surface area (Å²) >= 11 is 0. The number of unbranched alkanes of at least 4 members (excludes halogenated alkanes) is 25. The quantitative estimate of drug-likeness (QED) is 0.0234. The van der Waals surface area contributed by atoms with Gasteiger partial charge in [0.15, 0.2) is 12.6 Å². The van der Waals surface area contributed by atoms with E-state index < -0.39 is 138 Å². The second-order valence-corrected chi connectivity index (χ2v) is 22.6. The molecule has 22 nitrogen and oxygen atoms in total. The number of aliphatic hydroxyl groups is 11. The highest BCUT2D eigenvalue weighted by molar-refractivity contribution is 7.47. The summed E-state index contributed by atoms with van der Waals surface area (Å²) in [5.41, 5.74) is 0. The summed E-state index contributed by atoms with van der Waals surface area (Å²) in [5, 5.41) is 117. The molecule has 3 aliphatic rings. The van der Waals surface area contributed by atoms with Crippen molar-refractivity contribution in [1.29, 1.82) is 0 Å². The molecular weight excluding hydrogens is 1020 g/mol. The van der Waals surface area contributed by atoms with Gasteiger partial charge in [0.2, 0.25) is 0 Å². The number of rotatable bonds is 43. The molecule has 0 bridgehead atoms. The molecule has 2 heterocycles. The van der Waals surface area contributed by atoms with Gasteiger partial charge in [0.25, 0.3) is 0 Å². The standard InChI is InChI=1S/C53H101O22P/c1-3-5-7-9-11-13-15-17-19-21-23-25-27-29-31-68-36(34-69-39(56)30-28-26-24-22-20-18-16-14-12-10-8-6-4-2)35-70-76(66,67)75-51-49(73-52-47(64)42(59)40(57)37(32-54)71-52)45(62)44(61)46(63)50(51)74-53-48(65)43(60)41(58)38(33-55)72-53/h36-38,40-55,57-65H,3-35H2,1-2H3,(H,66,67)/t36-,37?,38?,40-,41-,42+,43?,44-,45?,46+,47?,48-,49?,50?,51-,52-,53-/m1/s1. The van der Waals surface area contributed by atoms with Crippen LogP contribution in [0.3, 0.4) is 0 Å². The number of carbonyl (C=O) groups is 1. The van der Waals surface area contributed by atoms with Crippen molar-refractivity contribution < 1.29 is 108 Å². The molecule has 2 saturated heterocycles. The average molecular weight is 1120 g/mol. The van der Waals surface area contributed by atoms with Gasteiger partial charge in [0.1, 0.15) is 98.2 Å². The van der Waals surface area contributed by atoms with Crippen LogP contribution < -0.4 is 0 Å². The Bertz CT molecular complexity index is 1470. The summed E-state index contributed by atoms with van der Waals surface area (Å²) in [6, 6.07) is 0. The third-order valence-electron chi connectivity index (χ3n) is 14.7. The first-order chi connectivity index (χ1) is 36.5. The Hall–Kier alpha value is -1.06. The molecule has 0 aromatic heterocycles. The molecule has 450 valence electrons. The van der Waals surface area contributed by atoms with E-state index in [-0.39, 0.29) is 19.6 Å². The number of aliphatic hydroxyl groups excluding tert-OH is 11. The number of hydrogen-bond acceptors (Lipinski definition) is 21. The van der Waals surface area contributed by atoms with Crippen LogP contribution in [0.4, 0.5) is 0 Å². The lowest BCUT2D eigenvalue weighted by Gasteiger charge is -2.49. The van der Waals surface area contributed by atoms with Gasteiger partial charge in [-0.15, -0.1) is 0 Å². The molecule has 12 N–H and O–H groups in total. The van der Waals surface area contributed by atoms with Crippen molar-refractivity contribution >= 4 is 13.8 Å². The Morgan fingerprint density at radius 1 is 0.461 bits per heavy atom. The number of phosphoric acid groups is 1. The first-order valence-electron chi connectivity index (χ1n) is 28.9. The van der Waals surface area contributed by atoms with Gasteiger partial charge in [-0.1, -0.05) is 174 Å². The summed E-state index contributed by atoms with van der Waals surface area (Å²) in [5.74, 6) is -0.498. The zero-order valence-corrected chi connectivity index (χ0v) is 46.4. The average Bonchev–Trinajstić information content (AvgIpc) is 3.40. The molecule has 0 amide bonds. The van der Waals surface area contributed by atoms with E-state index in [0.29, 0.717) is 12.8 Å². The summed E-state index contributed by atoms with van der Waals surface area (Å²) in [4.78, 5) is 24.3. The minimum absolute atomic E-state index is 0.149. The monoisotopic (exact) mass is 1120 g/mol. The third kappa shape index (κ3) is 25.0. The maximum absolute atomic E-state index is 14.0. The number of phosphoric ester groups is 1. The van der Waals surface area contributed by atoms with Crippen LogP contribution in [0, 0.1) is 0 Å². The van der Waals surface area contributed by atoms with E-state index in [2.05, 4.69) is 13.8 Å². The van der Waals surface area contributed by atoms with Crippen LogP contribution in [0.1, 0.15) is 194 Å². The predicted molar refractivity (Wildman–Crippen MR) is 277 cm³/mol. The first kappa shape index (κ1) is 69.2. The molecule has 1 saturated carbocycles. The highest BCUT2D eigenvalue weighted by Crippen LogP contribution is 2.49. The van der Waals surface area contributed by atoms with Crippen LogP contribution in [-0.2, 0) is 46.8 Å². The maximum Gasteiger partial charge on any atom is 0.472 e. The van der Waals surface area contributed by atoms with Gasteiger partial charge >= 0.3 is 13.8 Å². The minimum Gasteiger partial charge on any atom is -0.463 e. The predicted octanol–water partition coefficient (Wildman–Crippen LogP) is 3.85. The second-order valence-electron chi connectivity index (χ2n) is 21.2. The Labute approximate surface area is 451 Å². The SMILES string of the molecule is CCCCCCCCCCCCCCCCO[C@H](COC(=O)CCCCCCCCCCCCCCC)COP(=O)(O)O[C@@H]1C(O[C@H]2OC(CO)[C@@H](O)[C@H](O)C2O)C(O)[C@@H](O)[C@H](O)C1O[C@H]1OC(CO)[C@@H](O)C(O)[C@H]1O. The molecule has 0 aromatic rings. The number of ether oxygens (including phenoxy) is 6. The van der Waals surface area contributed by atoms with Gasteiger partial charge in [0.05, 0.1) is 19.8 Å². The fraction of sp³-hybridized carbons (Fsp3) is 0.981. The molecule has 3 rings (SSSR count). The van der Waals surface area contributed by atoms with Gasteiger partial charge in [0, 0.05) is 13.0 Å². The van der Waals surface area contributed by atoms with Crippen LogP contribution in [0.2, 0.25) is 0 Å². The Morgan fingerprint density at radius 2 is 0.816 bits per heavy atom. The zero-order valence-electron chi connectivity index (χ0n) is 45.5. The topological polar surface area (TPSA) is 351 Å². The van der Waals surface area contributed by atoms with E-state index in [1.54, 1.807) is 0 Å². The lowest BCUT2D eigenvalue weighted by molar-refractivity contribution is -0.360. The molecule has 18 atom stereocenters. The lowest BCUT2D eigenvalue weighted by Crippen LogP contribution is -2.69. The molecule has 0 spiro atoms. The molecule has 76 heavy (non-hydrogen) atoms. The molecule has 1 aliphatic carbocycles. The van der Waals surface area contributed by atoms with Crippen LogP contribution >= 0.6 is 7.82 Å². The molecule has 0 radical (unpaired) electrons. The van der Waals surface area contributed by atoms with Crippen molar-refractivity contribution in [1.82, 2.24) is 0 Å². The fourth-order valence-corrected chi connectivity index (χ4v) is 10.8. The van der Waals surface area contributed by atoms with E-state index in [1.165, 1.54) is 109 Å². The normalized spacial score (nSPS) is 32.3. The van der Waals surface area contributed by atoms with Crippen molar-refractivity contribution in [3.8, 4) is 0 Å². The van der Waals surface area contributed by atoms with Crippen LogP contribution in [-0.4, -0.2) is 204 Å². The highest BCUT2D eigenvalue weighted by Gasteiger charge is 2.58. The van der Waals surface area contributed by atoms with Crippen molar-refractivity contribution in [3.63, 3.8) is 0 Å². The largest absolute Gasteiger partial charge is 0.472 e. The Kier molecular flexibility index (Phi) is 35.9. The maximum atomic E-state index is 14.0. The summed E-state index contributed by atoms with van der Waals surface area (Å²) in [6.45, 7) is 1.73. The van der Waals surface area contributed by atoms with Crippen molar-refractivity contribution in [2.24, 2.45) is 0 Å². The van der Waals surface area contributed by atoms with Crippen LogP contribution in [0.5, 0.6) is 0 Å². The first-order valence-corrected chi connectivity index (χ1v) is 30.4. The second kappa shape index (κ2) is 39.4. The summed E-state index contributed by atoms with van der Waals surface area (Å²) in [6.07, 6.45) is -2.73. The van der Waals surface area contributed by atoms with Gasteiger partial charge in [-0.2, -0.15) is 0 Å². The van der Waals surface area contributed by atoms with Gasteiger partial charge in [-0.25, -0.2) is 4.57 Å². The fourth-order valence-electron chi connectivity index (χ4n) is 9.87. The van der Waals surface area contributed by atoms with Gasteiger partial charge < -0.3 is 89.5 Å². The van der Waals surface area contributed by atoms with E-state index in [4.69, 9.17) is 37.5 Å². The van der Waals surface area contributed by atoms with E-state index in [0.717, 1.165) is 51.4 Å². The van der Waals surface area contributed by atoms with Gasteiger partial charge in [-0.3, -0.25) is 13.8 Å². The number of carbonyl (C=O) groups excluding carboxylic acids is 1. The molecular formula is C53H101O22P. The smallest absolute Gasteiger partial charge is 0.463 e. The lowest BCUT2D eigenvalue weighted by atomic mass is 9.84. The molecule has 8 unspecified atom stereocenters. The molecule has 23 heteroatoms. The highest BCUT2D eigenvalue weighted by atomic mass is 31.2. The number of hydrogen-bond donors (Lipinski definition) is 12. The van der Waals surface area contributed by atoms with Crippen molar-refractivity contribution in [2.45, 2.75) is 298 Å². The third-order valence-corrected chi connectivity index (χ3v) is 15.7. The van der Waals surface area contributed by atoms with E-state index >= 15 is 0 Å². The molecule has 2 aliphatic heterocycles. The number of esters is 1. The van der Waals surface area contributed by atoms with Crippen molar-refractivity contribution in [2.75, 3.05) is 33.0 Å². The van der Waals surface area contributed by atoms with Crippen molar-refractivity contribution in [3.05, 3.63) is 0 Å².